The lowest BCUT2D eigenvalue weighted by atomic mass is 10.1. The van der Waals surface area contributed by atoms with Gasteiger partial charge in [0.1, 0.15) is 0 Å². The highest BCUT2D eigenvalue weighted by Crippen LogP contribution is 2.20. The van der Waals surface area contributed by atoms with E-state index >= 15 is 0 Å². The first-order chi connectivity index (χ1) is 7.88. The molecule has 2 unspecified atom stereocenters. The van der Waals surface area contributed by atoms with Gasteiger partial charge in [-0.15, -0.1) is 0 Å². The highest BCUT2D eigenvalue weighted by atomic mass is 16.7. The molecule has 0 aliphatic carbocycles. The van der Waals surface area contributed by atoms with Crippen LogP contribution < -0.4 is 5.73 Å². The molecule has 0 bridgehead atoms. The van der Waals surface area contributed by atoms with Gasteiger partial charge in [0, 0.05) is 6.54 Å². The molecule has 1 aliphatic heterocycles. The number of rotatable bonds is 4. The lowest BCUT2D eigenvalue weighted by Crippen LogP contribution is -2.34. The largest absolute Gasteiger partial charge is 0.348 e. The second-order valence-corrected chi connectivity index (χ2v) is 4.15. The van der Waals surface area contributed by atoms with E-state index in [1.165, 1.54) is 5.56 Å². The Bertz CT molecular complexity index is 302. The van der Waals surface area contributed by atoms with Gasteiger partial charge in [0.2, 0.25) is 0 Å². The van der Waals surface area contributed by atoms with Crippen LogP contribution in [-0.2, 0) is 16.1 Å². The molecule has 1 heterocycles. The van der Waals surface area contributed by atoms with Crippen LogP contribution in [0.3, 0.4) is 0 Å². The van der Waals surface area contributed by atoms with Crippen molar-refractivity contribution in [3.8, 4) is 0 Å². The van der Waals surface area contributed by atoms with E-state index in [9.17, 15) is 0 Å². The molecule has 3 heteroatoms. The third-order valence-electron chi connectivity index (χ3n) is 2.85. The summed E-state index contributed by atoms with van der Waals surface area (Å²) in [5.41, 5.74) is 6.77. The minimum Gasteiger partial charge on any atom is -0.348 e. The second-order valence-electron chi connectivity index (χ2n) is 4.15. The van der Waals surface area contributed by atoms with Gasteiger partial charge in [-0.1, -0.05) is 30.3 Å². The quantitative estimate of drug-likeness (QED) is 0.846. The summed E-state index contributed by atoms with van der Waals surface area (Å²) < 4.78 is 11.4. The summed E-state index contributed by atoms with van der Waals surface area (Å²) in [4.78, 5) is 0. The maximum absolute atomic E-state index is 5.72. The summed E-state index contributed by atoms with van der Waals surface area (Å²) in [7, 11) is 0. The van der Waals surface area contributed by atoms with Gasteiger partial charge in [-0.3, -0.25) is 0 Å². The van der Waals surface area contributed by atoms with Gasteiger partial charge in [-0.05, 0) is 24.8 Å². The summed E-state index contributed by atoms with van der Waals surface area (Å²) in [5, 5.41) is 0. The molecule has 1 aromatic carbocycles. The Labute approximate surface area is 96.5 Å². The van der Waals surface area contributed by atoms with Gasteiger partial charge >= 0.3 is 0 Å². The van der Waals surface area contributed by atoms with Gasteiger partial charge in [0.25, 0.3) is 0 Å². The topological polar surface area (TPSA) is 44.5 Å². The summed E-state index contributed by atoms with van der Waals surface area (Å²) >= 11 is 0. The molecule has 2 N–H and O–H groups in total. The van der Waals surface area contributed by atoms with Crippen molar-refractivity contribution < 1.29 is 9.47 Å². The SMILES string of the molecule is NCC1CCCC(OCc2ccccc2)O1. The smallest absolute Gasteiger partial charge is 0.158 e. The molecule has 16 heavy (non-hydrogen) atoms. The van der Waals surface area contributed by atoms with Crippen LogP contribution in [0.2, 0.25) is 0 Å². The zero-order valence-corrected chi connectivity index (χ0v) is 9.47. The first kappa shape index (κ1) is 11.6. The lowest BCUT2D eigenvalue weighted by molar-refractivity contribution is -0.196. The highest BCUT2D eigenvalue weighted by molar-refractivity contribution is 5.13. The van der Waals surface area contributed by atoms with Gasteiger partial charge < -0.3 is 15.2 Å². The average molecular weight is 221 g/mol. The summed E-state index contributed by atoms with van der Waals surface area (Å²) in [6.45, 7) is 1.20. The lowest BCUT2D eigenvalue weighted by Gasteiger charge is -2.29. The molecule has 2 atom stereocenters. The minimum absolute atomic E-state index is 0.0810. The van der Waals surface area contributed by atoms with Crippen LogP contribution in [0.25, 0.3) is 0 Å². The molecule has 1 saturated heterocycles. The van der Waals surface area contributed by atoms with Crippen molar-refractivity contribution in [2.24, 2.45) is 5.73 Å². The summed E-state index contributed by atoms with van der Waals surface area (Å²) in [6.07, 6.45) is 3.27. The Balaban J connectivity index is 1.77. The third kappa shape index (κ3) is 3.30. The van der Waals surface area contributed by atoms with Crippen molar-refractivity contribution in [2.75, 3.05) is 6.54 Å². The molecular formula is C13H19NO2. The minimum atomic E-state index is -0.0810. The number of benzene rings is 1. The van der Waals surface area contributed by atoms with Crippen LogP contribution in [0.4, 0.5) is 0 Å². The van der Waals surface area contributed by atoms with Crippen molar-refractivity contribution in [3.05, 3.63) is 35.9 Å². The Hall–Kier alpha value is -0.900. The Morgan fingerprint density at radius 1 is 1.25 bits per heavy atom. The van der Waals surface area contributed by atoms with Gasteiger partial charge in [-0.25, -0.2) is 0 Å². The molecule has 1 fully saturated rings. The maximum Gasteiger partial charge on any atom is 0.158 e. The van der Waals surface area contributed by atoms with Gasteiger partial charge in [-0.2, -0.15) is 0 Å². The van der Waals surface area contributed by atoms with E-state index in [2.05, 4.69) is 12.1 Å². The fourth-order valence-corrected chi connectivity index (χ4v) is 1.92. The zero-order valence-electron chi connectivity index (χ0n) is 9.47. The van der Waals surface area contributed by atoms with Crippen LogP contribution in [0, 0.1) is 0 Å². The molecule has 0 amide bonds. The molecule has 0 aromatic heterocycles. The monoisotopic (exact) mass is 221 g/mol. The van der Waals surface area contributed by atoms with E-state index < -0.39 is 0 Å². The van der Waals surface area contributed by atoms with E-state index in [1.54, 1.807) is 0 Å². The van der Waals surface area contributed by atoms with E-state index in [1.807, 2.05) is 18.2 Å². The van der Waals surface area contributed by atoms with Crippen LogP contribution in [0.1, 0.15) is 24.8 Å². The van der Waals surface area contributed by atoms with E-state index in [0.717, 1.165) is 19.3 Å². The predicted molar refractivity (Wildman–Crippen MR) is 62.8 cm³/mol. The molecule has 2 rings (SSSR count). The summed E-state index contributed by atoms with van der Waals surface area (Å²) in [6, 6.07) is 10.2. The van der Waals surface area contributed by atoms with Crippen LogP contribution >= 0.6 is 0 Å². The second kappa shape index (κ2) is 5.99. The van der Waals surface area contributed by atoms with Crippen LogP contribution in [0.5, 0.6) is 0 Å². The summed E-state index contributed by atoms with van der Waals surface area (Å²) in [5.74, 6) is 0. The van der Waals surface area contributed by atoms with Gasteiger partial charge in [0.05, 0.1) is 12.7 Å². The molecule has 0 spiro atoms. The molecular weight excluding hydrogens is 202 g/mol. The molecule has 1 aliphatic rings. The normalized spacial score (nSPS) is 25.6. The average Bonchev–Trinajstić information content (AvgIpc) is 2.38. The zero-order chi connectivity index (χ0) is 11.2. The third-order valence-corrected chi connectivity index (χ3v) is 2.85. The number of hydrogen-bond donors (Lipinski definition) is 1. The standard InChI is InChI=1S/C13H19NO2/c14-9-12-7-4-8-13(16-12)15-10-11-5-2-1-3-6-11/h1-3,5-6,12-13H,4,7-10,14H2. The fraction of sp³-hybridized carbons (Fsp3) is 0.538. The van der Waals surface area contributed by atoms with Crippen molar-refractivity contribution in [1.29, 1.82) is 0 Å². The van der Waals surface area contributed by atoms with Crippen molar-refractivity contribution in [2.45, 2.75) is 38.3 Å². The predicted octanol–water partition coefficient (Wildman–Crippen LogP) is 2.06. The number of hydrogen-bond acceptors (Lipinski definition) is 3. The first-order valence-electron chi connectivity index (χ1n) is 5.89. The fourth-order valence-electron chi connectivity index (χ4n) is 1.92. The molecule has 1 aromatic rings. The van der Waals surface area contributed by atoms with Crippen molar-refractivity contribution >= 4 is 0 Å². The van der Waals surface area contributed by atoms with Crippen LogP contribution in [0.15, 0.2) is 30.3 Å². The first-order valence-corrected chi connectivity index (χ1v) is 5.89. The Morgan fingerprint density at radius 3 is 2.81 bits per heavy atom. The van der Waals surface area contributed by atoms with Crippen LogP contribution in [-0.4, -0.2) is 18.9 Å². The van der Waals surface area contributed by atoms with E-state index in [0.29, 0.717) is 13.2 Å². The highest BCUT2D eigenvalue weighted by Gasteiger charge is 2.21. The Morgan fingerprint density at radius 2 is 2.06 bits per heavy atom. The molecule has 0 radical (unpaired) electrons. The van der Waals surface area contributed by atoms with Crippen molar-refractivity contribution in [3.63, 3.8) is 0 Å². The number of nitrogens with two attached hydrogens (primary N) is 1. The van der Waals surface area contributed by atoms with Gasteiger partial charge in [0.15, 0.2) is 6.29 Å². The maximum atomic E-state index is 5.72. The van der Waals surface area contributed by atoms with E-state index in [-0.39, 0.29) is 12.4 Å². The Kier molecular flexibility index (Phi) is 4.34. The molecule has 0 saturated carbocycles. The molecule has 88 valence electrons. The molecule has 3 nitrogen and oxygen atoms in total. The number of ether oxygens (including phenoxy) is 2. The van der Waals surface area contributed by atoms with E-state index in [4.69, 9.17) is 15.2 Å². The van der Waals surface area contributed by atoms with Crippen molar-refractivity contribution in [1.82, 2.24) is 0 Å².